The zero-order valence-corrected chi connectivity index (χ0v) is 21.8. The van der Waals surface area contributed by atoms with E-state index in [0.717, 1.165) is 24.0 Å². The molecule has 0 saturated heterocycles. The third-order valence-corrected chi connectivity index (χ3v) is 6.32. The summed E-state index contributed by atoms with van der Waals surface area (Å²) in [6.45, 7) is 9.42. The number of nitrogens with one attached hydrogen (secondary N) is 1. The Balaban J connectivity index is 1.99. The van der Waals surface area contributed by atoms with E-state index in [1.165, 1.54) is 5.56 Å². The van der Waals surface area contributed by atoms with E-state index in [0.29, 0.717) is 23.7 Å². The number of hydrogen-bond donors (Lipinski definition) is 1. The number of benzene rings is 3. The summed E-state index contributed by atoms with van der Waals surface area (Å²) in [5.41, 5.74) is 3.48. The van der Waals surface area contributed by atoms with Crippen LogP contribution in [0, 0.1) is 0 Å². The van der Waals surface area contributed by atoms with Gasteiger partial charge in [0.1, 0.15) is 6.04 Å². The van der Waals surface area contributed by atoms with E-state index in [4.69, 9.17) is 11.6 Å². The molecule has 0 aliphatic heterocycles. The van der Waals surface area contributed by atoms with Gasteiger partial charge in [0.25, 0.3) is 5.91 Å². The standard InChI is InChI=1S/C30H35ClN2O2/c1-5-6-20-33(29(35)24-14-18-26(31)19-15-24)27(23-12-16-25(17-13-23)30(2,3)4)28(34)32-21-22-10-8-7-9-11-22/h7-19,27H,5-6,20-21H2,1-4H3,(H,32,34)/t27-/m1/s1. The highest BCUT2D eigenvalue weighted by Crippen LogP contribution is 2.28. The van der Waals surface area contributed by atoms with Gasteiger partial charge in [-0.3, -0.25) is 9.59 Å². The molecule has 184 valence electrons. The molecule has 3 rings (SSSR count). The molecule has 0 saturated carbocycles. The van der Waals surface area contributed by atoms with Crippen molar-refractivity contribution >= 4 is 23.4 Å². The third-order valence-electron chi connectivity index (χ3n) is 6.07. The summed E-state index contributed by atoms with van der Waals surface area (Å²) in [5, 5.41) is 3.63. The Hall–Kier alpha value is -3.11. The molecule has 1 N–H and O–H groups in total. The van der Waals surface area contributed by atoms with Gasteiger partial charge in [-0.1, -0.05) is 100 Å². The zero-order valence-electron chi connectivity index (χ0n) is 21.1. The summed E-state index contributed by atoms with van der Waals surface area (Å²) >= 11 is 6.05. The minimum Gasteiger partial charge on any atom is -0.350 e. The lowest BCUT2D eigenvalue weighted by Crippen LogP contribution is -2.44. The van der Waals surface area contributed by atoms with Gasteiger partial charge in [0.05, 0.1) is 0 Å². The molecule has 0 spiro atoms. The van der Waals surface area contributed by atoms with E-state index in [1.807, 2.05) is 42.5 Å². The molecule has 0 radical (unpaired) electrons. The summed E-state index contributed by atoms with van der Waals surface area (Å²) in [6, 6.07) is 23.9. The van der Waals surface area contributed by atoms with Gasteiger partial charge in [-0.2, -0.15) is 0 Å². The summed E-state index contributed by atoms with van der Waals surface area (Å²) in [6.07, 6.45) is 1.70. The fraction of sp³-hybridized carbons (Fsp3) is 0.333. The molecule has 0 aliphatic carbocycles. The lowest BCUT2D eigenvalue weighted by atomic mass is 9.86. The lowest BCUT2D eigenvalue weighted by molar-refractivity contribution is -0.126. The first kappa shape index (κ1) is 26.5. The Morgan fingerprint density at radius 3 is 2.11 bits per heavy atom. The van der Waals surface area contributed by atoms with Crippen LogP contribution in [0.25, 0.3) is 0 Å². The Morgan fingerprint density at radius 2 is 1.54 bits per heavy atom. The SMILES string of the molecule is CCCCN(C(=O)c1ccc(Cl)cc1)[C@@H](C(=O)NCc1ccccc1)c1ccc(C(C)(C)C)cc1. The highest BCUT2D eigenvalue weighted by Gasteiger charge is 2.32. The summed E-state index contributed by atoms with van der Waals surface area (Å²) in [4.78, 5) is 29.0. The van der Waals surface area contributed by atoms with Gasteiger partial charge in [-0.05, 0) is 52.8 Å². The van der Waals surface area contributed by atoms with E-state index in [9.17, 15) is 9.59 Å². The van der Waals surface area contributed by atoms with E-state index in [-0.39, 0.29) is 17.2 Å². The van der Waals surface area contributed by atoms with Crippen molar-refractivity contribution in [1.29, 1.82) is 0 Å². The van der Waals surface area contributed by atoms with E-state index >= 15 is 0 Å². The molecular formula is C30H35ClN2O2. The second-order valence-electron chi connectivity index (χ2n) is 9.84. The van der Waals surface area contributed by atoms with Gasteiger partial charge in [0, 0.05) is 23.7 Å². The van der Waals surface area contributed by atoms with Gasteiger partial charge in [-0.15, -0.1) is 0 Å². The number of rotatable bonds is 9. The fourth-order valence-corrected chi connectivity index (χ4v) is 4.08. The van der Waals surface area contributed by atoms with Crippen molar-refractivity contribution in [1.82, 2.24) is 10.2 Å². The topological polar surface area (TPSA) is 49.4 Å². The molecule has 0 bridgehead atoms. The number of nitrogens with zero attached hydrogens (tertiary/aromatic N) is 1. The van der Waals surface area contributed by atoms with Gasteiger partial charge in [0.15, 0.2) is 0 Å². The normalized spacial score (nSPS) is 12.1. The molecule has 1 atom stereocenters. The van der Waals surface area contributed by atoms with Crippen LogP contribution in [0.15, 0.2) is 78.9 Å². The highest BCUT2D eigenvalue weighted by molar-refractivity contribution is 6.30. The van der Waals surface area contributed by atoms with Crippen LogP contribution in [-0.2, 0) is 16.8 Å². The second kappa shape index (κ2) is 12.0. The molecule has 5 heteroatoms. The first-order chi connectivity index (χ1) is 16.7. The van der Waals surface area contributed by atoms with Gasteiger partial charge in [0.2, 0.25) is 5.91 Å². The van der Waals surface area contributed by atoms with E-state index in [2.05, 4.69) is 45.1 Å². The average Bonchev–Trinajstić information content (AvgIpc) is 2.85. The van der Waals surface area contributed by atoms with Crippen LogP contribution in [0.4, 0.5) is 0 Å². The number of carbonyl (C=O) groups is 2. The number of halogens is 1. The van der Waals surface area contributed by atoms with Crippen molar-refractivity contribution < 1.29 is 9.59 Å². The Labute approximate surface area is 214 Å². The van der Waals surface area contributed by atoms with Crippen molar-refractivity contribution in [3.63, 3.8) is 0 Å². The van der Waals surface area contributed by atoms with E-state index < -0.39 is 6.04 Å². The molecule has 0 aliphatic rings. The molecule has 3 aromatic rings. The maximum absolute atomic E-state index is 13.7. The first-order valence-corrected chi connectivity index (χ1v) is 12.6. The van der Waals surface area contributed by atoms with Crippen LogP contribution in [0.2, 0.25) is 5.02 Å². The largest absolute Gasteiger partial charge is 0.350 e. The smallest absolute Gasteiger partial charge is 0.254 e. The maximum atomic E-state index is 13.7. The van der Waals surface area contributed by atoms with Crippen molar-refractivity contribution in [2.24, 2.45) is 0 Å². The fourth-order valence-electron chi connectivity index (χ4n) is 3.95. The van der Waals surface area contributed by atoms with Gasteiger partial charge < -0.3 is 10.2 Å². The van der Waals surface area contributed by atoms with Crippen LogP contribution >= 0.6 is 11.6 Å². The van der Waals surface area contributed by atoms with Crippen LogP contribution in [-0.4, -0.2) is 23.3 Å². The van der Waals surface area contributed by atoms with Crippen LogP contribution in [0.1, 0.15) is 73.6 Å². The number of hydrogen-bond acceptors (Lipinski definition) is 2. The predicted octanol–water partition coefficient (Wildman–Crippen LogP) is 6.94. The minimum absolute atomic E-state index is 0.00931. The molecule has 0 fully saturated rings. The molecule has 0 unspecified atom stereocenters. The Morgan fingerprint density at radius 1 is 0.914 bits per heavy atom. The van der Waals surface area contributed by atoms with E-state index in [1.54, 1.807) is 29.2 Å². The van der Waals surface area contributed by atoms with Crippen molar-refractivity contribution in [3.8, 4) is 0 Å². The number of carbonyl (C=O) groups excluding carboxylic acids is 2. The number of amides is 2. The highest BCUT2D eigenvalue weighted by atomic mass is 35.5. The lowest BCUT2D eigenvalue weighted by Gasteiger charge is -2.32. The molecule has 2 amide bonds. The Kier molecular flexibility index (Phi) is 9.11. The molecule has 4 nitrogen and oxygen atoms in total. The quantitative estimate of drug-likeness (QED) is 0.353. The summed E-state index contributed by atoms with van der Waals surface area (Å²) in [7, 11) is 0. The van der Waals surface area contributed by atoms with Crippen molar-refractivity contribution in [3.05, 3.63) is 106 Å². The average molecular weight is 491 g/mol. The summed E-state index contributed by atoms with van der Waals surface area (Å²) in [5.74, 6) is -0.384. The molecule has 3 aromatic carbocycles. The minimum atomic E-state index is -0.748. The second-order valence-corrected chi connectivity index (χ2v) is 10.3. The number of unbranched alkanes of at least 4 members (excludes halogenated alkanes) is 1. The molecule has 35 heavy (non-hydrogen) atoms. The van der Waals surface area contributed by atoms with Gasteiger partial charge >= 0.3 is 0 Å². The Bertz CT molecular complexity index is 1100. The maximum Gasteiger partial charge on any atom is 0.254 e. The zero-order chi connectivity index (χ0) is 25.4. The van der Waals surface area contributed by atoms with Crippen LogP contribution in [0.3, 0.4) is 0 Å². The van der Waals surface area contributed by atoms with Crippen LogP contribution in [0.5, 0.6) is 0 Å². The molecule has 0 aromatic heterocycles. The molecular weight excluding hydrogens is 456 g/mol. The first-order valence-electron chi connectivity index (χ1n) is 12.2. The predicted molar refractivity (Wildman–Crippen MR) is 144 cm³/mol. The third kappa shape index (κ3) is 7.19. The monoisotopic (exact) mass is 490 g/mol. The molecule has 0 heterocycles. The van der Waals surface area contributed by atoms with Gasteiger partial charge in [-0.25, -0.2) is 0 Å². The van der Waals surface area contributed by atoms with Crippen molar-refractivity contribution in [2.45, 2.75) is 58.5 Å². The van der Waals surface area contributed by atoms with Crippen molar-refractivity contribution in [2.75, 3.05) is 6.54 Å². The summed E-state index contributed by atoms with van der Waals surface area (Å²) < 4.78 is 0. The van der Waals surface area contributed by atoms with Crippen LogP contribution < -0.4 is 5.32 Å².